The van der Waals surface area contributed by atoms with Gasteiger partial charge in [0.15, 0.2) is 0 Å². The zero-order chi connectivity index (χ0) is 15.6. The van der Waals surface area contributed by atoms with E-state index in [0.29, 0.717) is 24.6 Å². The van der Waals surface area contributed by atoms with E-state index in [1.165, 1.54) is 17.0 Å². The second kappa shape index (κ2) is 6.64. The average Bonchev–Trinajstić information content (AvgIpc) is 2.41. The summed E-state index contributed by atoms with van der Waals surface area (Å²) in [5.41, 5.74) is -0.174. The lowest BCUT2D eigenvalue weighted by atomic mass is 10.2. The highest BCUT2D eigenvalue weighted by Gasteiger charge is 2.23. The average molecular weight is 351 g/mol. The van der Waals surface area contributed by atoms with Gasteiger partial charge in [0.2, 0.25) is 0 Å². The highest BCUT2D eigenvalue weighted by molar-refractivity contribution is 7.85. The smallest absolute Gasteiger partial charge is 0.337 e. The second-order valence-electron chi connectivity index (χ2n) is 4.38. The molecular weight excluding hydrogens is 339 g/mol. The summed E-state index contributed by atoms with van der Waals surface area (Å²) in [7, 11) is -0.902. The first-order chi connectivity index (χ1) is 9.88. The Labute approximate surface area is 133 Å². The van der Waals surface area contributed by atoms with E-state index in [-0.39, 0.29) is 21.3 Å². The third-order valence-corrected chi connectivity index (χ3v) is 4.77. The molecule has 1 saturated heterocycles. The first kappa shape index (κ1) is 16.1. The Morgan fingerprint density at radius 3 is 2.43 bits per heavy atom. The van der Waals surface area contributed by atoms with Crippen LogP contribution in [0, 0.1) is 0 Å². The fourth-order valence-corrected chi connectivity index (χ4v) is 3.49. The van der Waals surface area contributed by atoms with Crippen LogP contribution in [0.4, 0.5) is 10.5 Å². The van der Waals surface area contributed by atoms with Gasteiger partial charge < -0.3 is 15.3 Å². The molecule has 9 heteroatoms. The van der Waals surface area contributed by atoms with E-state index in [1.807, 2.05) is 0 Å². The Bertz CT molecular complexity index is 614. The number of carboxylic acid groups (broad SMARTS) is 1. The Kier molecular flexibility index (Phi) is 5.08. The molecule has 2 rings (SSSR count). The number of rotatable bonds is 2. The normalized spacial score (nSPS) is 15.8. The third-order valence-electron chi connectivity index (χ3n) is 2.98. The third kappa shape index (κ3) is 3.87. The number of amides is 2. The van der Waals surface area contributed by atoms with Crippen molar-refractivity contribution in [1.29, 1.82) is 0 Å². The molecule has 0 aromatic heterocycles. The highest BCUT2D eigenvalue weighted by atomic mass is 35.5. The number of aromatic carboxylic acids is 1. The number of carboxylic acids is 1. The van der Waals surface area contributed by atoms with Crippen molar-refractivity contribution in [3.63, 3.8) is 0 Å². The van der Waals surface area contributed by atoms with E-state index in [2.05, 4.69) is 5.32 Å². The highest BCUT2D eigenvalue weighted by Crippen LogP contribution is 2.30. The molecule has 2 amide bonds. The molecule has 2 N–H and O–H groups in total. The minimum Gasteiger partial charge on any atom is -0.478 e. The van der Waals surface area contributed by atoms with E-state index in [4.69, 9.17) is 28.3 Å². The maximum absolute atomic E-state index is 12.1. The molecule has 1 heterocycles. The van der Waals surface area contributed by atoms with E-state index in [0.717, 1.165) is 0 Å². The van der Waals surface area contributed by atoms with Gasteiger partial charge in [-0.15, -0.1) is 0 Å². The predicted molar refractivity (Wildman–Crippen MR) is 81.9 cm³/mol. The van der Waals surface area contributed by atoms with Crippen molar-refractivity contribution in [2.45, 2.75) is 0 Å². The lowest BCUT2D eigenvalue weighted by molar-refractivity contribution is 0.0698. The van der Waals surface area contributed by atoms with E-state index < -0.39 is 22.8 Å². The van der Waals surface area contributed by atoms with Crippen molar-refractivity contribution in [3.05, 3.63) is 27.7 Å². The van der Waals surface area contributed by atoms with Crippen LogP contribution in [-0.2, 0) is 10.8 Å². The van der Waals surface area contributed by atoms with Crippen molar-refractivity contribution < 1.29 is 18.9 Å². The molecule has 1 fully saturated rings. The van der Waals surface area contributed by atoms with Crippen LogP contribution in [-0.4, -0.2) is 50.8 Å². The quantitative estimate of drug-likeness (QED) is 0.856. The summed E-state index contributed by atoms with van der Waals surface area (Å²) in [6.07, 6.45) is 0. The first-order valence-electron chi connectivity index (χ1n) is 6.01. The zero-order valence-electron chi connectivity index (χ0n) is 10.8. The van der Waals surface area contributed by atoms with Gasteiger partial charge in [-0.05, 0) is 12.1 Å². The molecule has 0 radical (unpaired) electrons. The van der Waals surface area contributed by atoms with Gasteiger partial charge in [-0.1, -0.05) is 23.2 Å². The number of halogens is 2. The predicted octanol–water partition coefficient (Wildman–Crippen LogP) is 2.29. The summed E-state index contributed by atoms with van der Waals surface area (Å²) in [6, 6.07) is 2.10. The molecule has 1 aliphatic rings. The van der Waals surface area contributed by atoms with Crippen molar-refractivity contribution >= 4 is 51.7 Å². The number of nitrogens with one attached hydrogen (secondary N) is 1. The van der Waals surface area contributed by atoms with Crippen LogP contribution < -0.4 is 5.32 Å². The first-order valence-corrected chi connectivity index (χ1v) is 8.26. The molecule has 0 spiro atoms. The Hall–Kier alpha value is -1.31. The Morgan fingerprint density at radius 2 is 1.86 bits per heavy atom. The maximum atomic E-state index is 12.1. The van der Waals surface area contributed by atoms with Crippen LogP contribution >= 0.6 is 23.2 Å². The SMILES string of the molecule is O=C(O)c1cc(Cl)cc(Cl)c1NC(=O)N1CCS(=O)CC1. The molecular formula is C12H12Cl2N2O4S. The summed E-state index contributed by atoms with van der Waals surface area (Å²) < 4.78 is 11.3. The van der Waals surface area contributed by atoms with Gasteiger partial charge in [-0.3, -0.25) is 4.21 Å². The fraction of sp³-hybridized carbons (Fsp3) is 0.333. The number of carbonyl (C=O) groups excluding carboxylic acids is 1. The van der Waals surface area contributed by atoms with Crippen molar-refractivity contribution in [2.75, 3.05) is 29.9 Å². The van der Waals surface area contributed by atoms with Gasteiger partial charge in [0.05, 0.1) is 16.3 Å². The summed E-state index contributed by atoms with van der Waals surface area (Å²) in [4.78, 5) is 24.8. The molecule has 6 nitrogen and oxygen atoms in total. The standard InChI is InChI=1S/C12H12Cl2N2O4S/c13-7-5-8(11(17)18)10(9(14)6-7)15-12(19)16-1-3-21(20)4-2-16/h5-6H,1-4H2,(H,15,19)(H,17,18). The van der Waals surface area contributed by atoms with Crippen LogP contribution in [0.5, 0.6) is 0 Å². The van der Waals surface area contributed by atoms with Gasteiger partial charge >= 0.3 is 12.0 Å². The molecule has 0 aliphatic carbocycles. The molecule has 1 aromatic rings. The van der Waals surface area contributed by atoms with Crippen molar-refractivity contribution in [3.8, 4) is 0 Å². The largest absolute Gasteiger partial charge is 0.478 e. The summed E-state index contributed by atoms with van der Waals surface area (Å²) in [6.45, 7) is 0.706. The minimum absolute atomic E-state index is 0.00487. The van der Waals surface area contributed by atoms with E-state index >= 15 is 0 Å². The van der Waals surface area contributed by atoms with Crippen LogP contribution in [0.15, 0.2) is 12.1 Å². The van der Waals surface area contributed by atoms with Crippen molar-refractivity contribution in [2.24, 2.45) is 0 Å². The number of hydrogen-bond donors (Lipinski definition) is 2. The van der Waals surface area contributed by atoms with Gasteiger partial charge in [-0.25, -0.2) is 9.59 Å². The minimum atomic E-state index is -1.24. The molecule has 1 aromatic carbocycles. The molecule has 21 heavy (non-hydrogen) atoms. The van der Waals surface area contributed by atoms with E-state index in [9.17, 15) is 13.8 Å². The maximum Gasteiger partial charge on any atom is 0.337 e. The number of urea groups is 1. The monoisotopic (exact) mass is 350 g/mol. The topological polar surface area (TPSA) is 86.7 Å². The number of anilines is 1. The van der Waals surface area contributed by atoms with Gasteiger partial charge in [-0.2, -0.15) is 0 Å². The number of benzene rings is 1. The van der Waals surface area contributed by atoms with Gasteiger partial charge in [0.1, 0.15) is 0 Å². The number of hydrogen-bond acceptors (Lipinski definition) is 3. The number of carbonyl (C=O) groups is 2. The number of nitrogens with zero attached hydrogens (tertiary/aromatic N) is 1. The molecule has 0 saturated carbocycles. The van der Waals surface area contributed by atoms with Crippen LogP contribution in [0.3, 0.4) is 0 Å². The molecule has 1 aliphatic heterocycles. The van der Waals surface area contributed by atoms with Crippen LogP contribution in [0.1, 0.15) is 10.4 Å². The molecule has 0 atom stereocenters. The molecule has 0 bridgehead atoms. The Balaban J connectivity index is 2.21. The van der Waals surface area contributed by atoms with E-state index in [1.54, 1.807) is 0 Å². The lowest BCUT2D eigenvalue weighted by Gasteiger charge is -2.27. The summed E-state index contributed by atoms with van der Waals surface area (Å²) >= 11 is 11.7. The van der Waals surface area contributed by atoms with Crippen LogP contribution in [0.25, 0.3) is 0 Å². The van der Waals surface area contributed by atoms with Crippen LogP contribution in [0.2, 0.25) is 10.0 Å². The fourth-order valence-electron chi connectivity index (χ4n) is 1.90. The Morgan fingerprint density at radius 1 is 1.24 bits per heavy atom. The van der Waals surface area contributed by atoms with Gasteiger partial charge in [0.25, 0.3) is 0 Å². The second-order valence-corrected chi connectivity index (χ2v) is 6.92. The molecule has 114 valence electrons. The summed E-state index contributed by atoms with van der Waals surface area (Å²) in [5, 5.41) is 11.9. The molecule has 0 unspecified atom stereocenters. The zero-order valence-corrected chi connectivity index (χ0v) is 13.1. The summed E-state index contributed by atoms with van der Waals surface area (Å²) in [5.74, 6) is -0.421. The van der Waals surface area contributed by atoms with Crippen molar-refractivity contribution in [1.82, 2.24) is 4.90 Å². The van der Waals surface area contributed by atoms with Gasteiger partial charge in [0, 0.05) is 40.4 Å². The lowest BCUT2D eigenvalue weighted by Crippen LogP contribution is -2.44.